The zero-order valence-electron chi connectivity index (χ0n) is 13.2. The van der Waals surface area contributed by atoms with Gasteiger partial charge in [-0.1, -0.05) is 18.2 Å². The lowest BCUT2D eigenvalue weighted by Crippen LogP contribution is -2.54. The molecule has 4 rings (SSSR count). The SMILES string of the molecule is C=C(c1nn2c(c1Cl)CN(C)CCC2)N1CC2CCC2(N)C1. The topological polar surface area (TPSA) is 50.3 Å². The molecule has 0 spiro atoms. The average molecular weight is 322 g/mol. The Bertz CT molecular complexity index is 624. The van der Waals surface area contributed by atoms with Crippen LogP contribution in [0.1, 0.15) is 30.7 Å². The van der Waals surface area contributed by atoms with Crippen LogP contribution in [0.5, 0.6) is 0 Å². The van der Waals surface area contributed by atoms with Gasteiger partial charge >= 0.3 is 0 Å². The minimum atomic E-state index is -0.00747. The first-order valence-electron chi connectivity index (χ1n) is 8.15. The molecular weight excluding hydrogens is 298 g/mol. The van der Waals surface area contributed by atoms with E-state index in [1.165, 1.54) is 6.42 Å². The van der Waals surface area contributed by atoms with Gasteiger partial charge in [-0.2, -0.15) is 5.10 Å². The fraction of sp³-hybridized carbons (Fsp3) is 0.688. The van der Waals surface area contributed by atoms with Crippen molar-refractivity contribution in [3.63, 3.8) is 0 Å². The molecule has 2 atom stereocenters. The summed E-state index contributed by atoms with van der Waals surface area (Å²) in [5.74, 6) is 0.606. The van der Waals surface area contributed by atoms with Crippen LogP contribution in [0, 0.1) is 5.92 Å². The minimum Gasteiger partial charge on any atom is -0.368 e. The summed E-state index contributed by atoms with van der Waals surface area (Å²) in [6.07, 6.45) is 3.46. The van der Waals surface area contributed by atoms with Crippen molar-refractivity contribution in [1.82, 2.24) is 19.6 Å². The van der Waals surface area contributed by atoms with E-state index in [0.717, 1.165) is 67.7 Å². The van der Waals surface area contributed by atoms with Crippen molar-refractivity contribution in [2.24, 2.45) is 11.7 Å². The van der Waals surface area contributed by atoms with Gasteiger partial charge in [-0.05, 0) is 32.2 Å². The van der Waals surface area contributed by atoms with Gasteiger partial charge in [-0.3, -0.25) is 4.68 Å². The summed E-state index contributed by atoms with van der Waals surface area (Å²) in [5.41, 5.74) is 9.33. The molecule has 2 N–H and O–H groups in total. The maximum atomic E-state index is 6.65. The maximum absolute atomic E-state index is 6.65. The van der Waals surface area contributed by atoms with Gasteiger partial charge in [0.1, 0.15) is 5.69 Å². The van der Waals surface area contributed by atoms with Crippen LogP contribution in [0.2, 0.25) is 5.02 Å². The molecule has 3 heterocycles. The normalized spacial score (nSPS) is 31.4. The highest BCUT2D eigenvalue weighted by molar-refractivity contribution is 6.32. The van der Waals surface area contributed by atoms with Crippen molar-refractivity contribution < 1.29 is 0 Å². The Hall–Kier alpha value is -1.04. The lowest BCUT2D eigenvalue weighted by molar-refractivity contribution is 0.188. The Morgan fingerprint density at radius 2 is 2.27 bits per heavy atom. The monoisotopic (exact) mass is 321 g/mol. The molecule has 1 saturated carbocycles. The van der Waals surface area contributed by atoms with Crippen LogP contribution in [-0.2, 0) is 13.1 Å². The average Bonchev–Trinajstić information content (AvgIpc) is 2.80. The molecule has 1 saturated heterocycles. The standard InChI is InChI=1S/C16H24ClN5/c1-11(21-8-12-4-5-16(12,18)10-21)15-14(17)13-9-20(2)6-3-7-22(13)19-15/h12H,1,3-10,18H2,2H3. The van der Waals surface area contributed by atoms with Gasteiger partial charge in [0.05, 0.1) is 16.4 Å². The van der Waals surface area contributed by atoms with Gasteiger partial charge in [-0.15, -0.1) is 0 Å². The number of likely N-dealkylation sites (tertiary alicyclic amines) is 1. The second-order valence-corrected chi connectivity index (χ2v) is 7.60. The predicted octanol–water partition coefficient (Wildman–Crippen LogP) is 1.77. The largest absolute Gasteiger partial charge is 0.368 e. The van der Waals surface area contributed by atoms with Crippen molar-refractivity contribution in [3.8, 4) is 0 Å². The lowest BCUT2D eigenvalue weighted by atomic mass is 9.70. The summed E-state index contributed by atoms with van der Waals surface area (Å²) >= 11 is 6.65. The van der Waals surface area contributed by atoms with Crippen molar-refractivity contribution in [2.75, 3.05) is 26.7 Å². The molecule has 1 aromatic heterocycles. The van der Waals surface area contributed by atoms with E-state index in [0.29, 0.717) is 5.92 Å². The van der Waals surface area contributed by atoms with Gasteiger partial charge in [-0.25, -0.2) is 0 Å². The minimum absolute atomic E-state index is 0.00747. The molecule has 1 aromatic rings. The molecule has 2 aliphatic heterocycles. The molecular formula is C16H24ClN5. The van der Waals surface area contributed by atoms with Crippen LogP contribution in [-0.4, -0.2) is 51.8 Å². The summed E-state index contributed by atoms with van der Waals surface area (Å²) in [4.78, 5) is 4.58. The summed E-state index contributed by atoms with van der Waals surface area (Å²) in [5, 5.41) is 5.53. The predicted molar refractivity (Wildman–Crippen MR) is 88.4 cm³/mol. The molecule has 120 valence electrons. The summed E-state index contributed by atoms with van der Waals surface area (Å²) in [6.45, 7) is 9.01. The third kappa shape index (κ3) is 2.10. The second-order valence-electron chi connectivity index (χ2n) is 7.22. The molecule has 5 nitrogen and oxygen atoms in total. The van der Waals surface area contributed by atoms with E-state index in [9.17, 15) is 0 Å². The zero-order valence-corrected chi connectivity index (χ0v) is 13.9. The third-order valence-corrected chi connectivity index (χ3v) is 6.07. The van der Waals surface area contributed by atoms with Gasteiger partial charge in [0.15, 0.2) is 0 Å². The number of hydrogen-bond acceptors (Lipinski definition) is 4. The van der Waals surface area contributed by atoms with Crippen LogP contribution in [0.3, 0.4) is 0 Å². The number of rotatable bonds is 2. The Kier molecular flexibility index (Phi) is 3.29. The van der Waals surface area contributed by atoms with E-state index in [2.05, 4.69) is 28.1 Å². The highest BCUT2D eigenvalue weighted by Gasteiger charge is 2.50. The van der Waals surface area contributed by atoms with Crippen molar-refractivity contribution in [3.05, 3.63) is 23.0 Å². The summed E-state index contributed by atoms with van der Waals surface area (Å²) < 4.78 is 2.06. The van der Waals surface area contributed by atoms with Crippen molar-refractivity contribution in [2.45, 2.75) is 37.9 Å². The van der Waals surface area contributed by atoms with Crippen LogP contribution in [0.15, 0.2) is 6.58 Å². The first-order chi connectivity index (χ1) is 10.5. The molecule has 22 heavy (non-hydrogen) atoms. The van der Waals surface area contributed by atoms with Gasteiger partial charge in [0.2, 0.25) is 0 Å². The first kappa shape index (κ1) is 14.5. The van der Waals surface area contributed by atoms with Crippen LogP contribution >= 0.6 is 11.6 Å². The van der Waals surface area contributed by atoms with E-state index in [-0.39, 0.29) is 5.54 Å². The maximum Gasteiger partial charge on any atom is 0.127 e. The molecule has 3 aliphatic rings. The number of aromatic nitrogens is 2. The van der Waals surface area contributed by atoms with E-state index >= 15 is 0 Å². The lowest BCUT2D eigenvalue weighted by Gasteiger charge is -2.40. The second kappa shape index (κ2) is 4.98. The van der Waals surface area contributed by atoms with E-state index in [1.54, 1.807) is 0 Å². The number of nitrogens with two attached hydrogens (primary N) is 1. The quantitative estimate of drug-likeness (QED) is 0.902. The highest BCUT2D eigenvalue weighted by Crippen LogP contribution is 2.45. The first-order valence-corrected chi connectivity index (χ1v) is 8.52. The smallest absolute Gasteiger partial charge is 0.127 e. The number of aryl methyl sites for hydroxylation is 1. The summed E-state index contributed by atoms with van der Waals surface area (Å²) in [6, 6.07) is 0. The van der Waals surface area contributed by atoms with Crippen molar-refractivity contribution >= 4 is 17.3 Å². The fourth-order valence-electron chi connectivity index (χ4n) is 4.06. The molecule has 6 heteroatoms. The zero-order chi connectivity index (χ0) is 15.5. The number of fused-ring (bicyclic) bond motifs is 2. The molecule has 0 aromatic carbocycles. The van der Waals surface area contributed by atoms with Crippen LogP contribution in [0.4, 0.5) is 0 Å². The van der Waals surface area contributed by atoms with Crippen LogP contribution in [0.25, 0.3) is 5.70 Å². The molecule has 0 radical (unpaired) electrons. The molecule has 2 fully saturated rings. The van der Waals surface area contributed by atoms with Crippen molar-refractivity contribution in [1.29, 1.82) is 0 Å². The van der Waals surface area contributed by atoms with Crippen LogP contribution < -0.4 is 5.73 Å². The molecule has 1 aliphatic carbocycles. The van der Waals surface area contributed by atoms with Gasteiger partial charge in [0, 0.05) is 38.3 Å². The Morgan fingerprint density at radius 1 is 1.45 bits per heavy atom. The van der Waals surface area contributed by atoms with E-state index in [4.69, 9.17) is 22.4 Å². The Labute approximate surface area is 136 Å². The number of hydrogen-bond donors (Lipinski definition) is 1. The Morgan fingerprint density at radius 3 is 2.91 bits per heavy atom. The van der Waals surface area contributed by atoms with Gasteiger partial charge < -0.3 is 15.5 Å². The summed E-state index contributed by atoms with van der Waals surface area (Å²) in [7, 11) is 2.13. The highest BCUT2D eigenvalue weighted by atomic mass is 35.5. The van der Waals surface area contributed by atoms with E-state index < -0.39 is 0 Å². The number of nitrogens with zero attached hydrogens (tertiary/aromatic N) is 4. The van der Waals surface area contributed by atoms with Gasteiger partial charge in [0.25, 0.3) is 0 Å². The molecule has 0 amide bonds. The molecule has 2 unspecified atom stereocenters. The Balaban J connectivity index is 1.61. The van der Waals surface area contributed by atoms with E-state index in [1.807, 2.05) is 0 Å². The fourth-order valence-corrected chi connectivity index (χ4v) is 4.37. The number of halogens is 1. The molecule has 0 bridgehead atoms. The third-order valence-electron chi connectivity index (χ3n) is 5.68.